The summed E-state index contributed by atoms with van der Waals surface area (Å²) in [6, 6.07) is 12.6. The Bertz CT molecular complexity index is 1230. The van der Waals surface area contributed by atoms with E-state index in [1.165, 1.54) is 45.7 Å². The van der Waals surface area contributed by atoms with E-state index in [1.54, 1.807) is 24.3 Å². The van der Waals surface area contributed by atoms with Crippen molar-refractivity contribution >= 4 is 35.2 Å². The number of hydrogen-bond donors (Lipinski definition) is 2. The second kappa shape index (κ2) is 11.7. The Morgan fingerprint density at radius 3 is 2.17 bits per heavy atom. The lowest BCUT2D eigenvalue weighted by Crippen LogP contribution is -2.24. The minimum atomic E-state index is -0.783. The van der Waals surface area contributed by atoms with Gasteiger partial charge in [-0.05, 0) is 66.3 Å². The Morgan fingerprint density at radius 2 is 1.60 bits per heavy atom. The first-order chi connectivity index (χ1) is 16.8. The van der Waals surface area contributed by atoms with Gasteiger partial charge in [-0.25, -0.2) is 13.6 Å². The second-order valence-corrected chi connectivity index (χ2v) is 7.23. The summed E-state index contributed by atoms with van der Waals surface area (Å²) < 4.78 is 47.8. The monoisotopic (exact) mass is 501 g/mol. The van der Waals surface area contributed by atoms with Crippen LogP contribution in [-0.4, -0.2) is 38.6 Å². The van der Waals surface area contributed by atoms with Crippen molar-refractivity contribution in [3.63, 3.8) is 0 Å². The molecule has 0 heterocycles. The minimum absolute atomic E-state index is 0.0115. The molecule has 182 valence electrons. The topological polar surface area (TPSA) is 90.4 Å². The van der Waals surface area contributed by atoms with Crippen LogP contribution in [-0.2, 0) is 0 Å². The molecule has 2 N–H and O–H groups in total. The molecule has 3 aromatic carbocycles. The Labute approximate surface area is 205 Å². The predicted molar refractivity (Wildman–Crippen MR) is 131 cm³/mol. The molecule has 3 rings (SSSR count). The van der Waals surface area contributed by atoms with Gasteiger partial charge in [-0.3, -0.25) is 5.43 Å². The molecular weight excluding hydrogens is 480 g/mol. The van der Waals surface area contributed by atoms with Crippen LogP contribution in [0.3, 0.4) is 0 Å². The SMILES string of the molecule is COc1cc(C(=O)Oc2ccc(/C=N/NC(=S)Nc3ccc(F)cc3F)cc2)cc(OC)c1OC. The minimum Gasteiger partial charge on any atom is -0.493 e. The highest BCUT2D eigenvalue weighted by Crippen LogP contribution is 2.38. The summed E-state index contributed by atoms with van der Waals surface area (Å²) in [6.45, 7) is 0. The smallest absolute Gasteiger partial charge is 0.343 e. The number of ether oxygens (including phenoxy) is 4. The molecule has 0 radical (unpaired) electrons. The zero-order chi connectivity index (χ0) is 25.4. The predicted octanol–water partition coefficient (Wildman–Crippen LogP) is 4.53. The molecule has 0 saturated heterocycles. The number of nitrogens with one attached hydrogen (secondary N) is 2. The van der Waals surface area contributed by atoms with E-state index in [2.05, 4.69) is 15.8 Å². The van der Waals surface area contributed by atoms with Gasteiger partial charge in [0.05, 0.1) is 38.8 Å². The van der Waals surface area contributed by atoms with Gasteiger partial charge in [0.15, 0.2) is 16.6 Å². The van der Waals surface area contributed by atoms with Gasteiger partial charge in [-0.1, -0.05) is 0 Å². The number of hydrogen-bond acceptors (Lipinski definition) is 7. The van der Waals surface area contributed by atoms with Gasteiger partial charge in [0.25, 0.3) is 0 Å². The third kappa shape index (κ3) is 6.64. The van der Waals surface area contributed by atoms with Crippen molar-refractivity contribution in [2.45, 2.75) is 0 Å². The van der Waals surface area contributed by atoms with Gasteiger partial charge in [-0.15, -0.1) is 0 Å². The maximum Gasteiger partial charge on any atom is 0.343 e. The third-order valence-corrected chi connectivity index (χ3v) is 4.74. The van der Waals surface area contributed by atoms with Gasteiger partial charge in [0, 0.05) is 6.07 Å². The van der Waals surface area contributed by atoms with Crippen LogP contribution in [0.5, 0.6) is 23.0 Å². The first-order valence-corrected chi connectivity index (χ1v) is 10.4. The van der Waals surface area contributed by atoms with Crippen LogP contribution in [0.25, 0.3) is 0 Å². The summed E-state index contributed by atoms with van der Waals surface area (Å²) >= 11 is 5.03. The summed E-state index contributed by atoms with van der Waals surface area (Å²) in [6.07, 6.45) is 1.46. The number of hydrazone groups is 1. The molecule has 0 aromatic heterocycles. The zero-order valence-corrected chi connectivity index (χ0v) is 19.7. The van der Waals surface area contributed by atoms with Crippen LogP contribution >= 0.6 is 12.2 Å². The Morgan fingerprint density at radius 1 is 0.943 bits per heavy atom. The number of methoxy groups -OCH3 is 3. The number of benzene rings is 3. The van der Waals surface area contributed by atoms with Crippen LogP contribution < -0.4 is 29.7 Å². The number of carbonyl (C=O) groups is 1. The molecule has 35 heavy (non-hydrogen) atoms. The van der Waals surface area contributed by atoms with Crippen molar-refractivity contribution in [2.24, 2.45) is 5.10 Å². The lowest BCUT2D eigenvalue weighted by molar-refractivity contribution is 0.0734. The van der Waals surface area contributed by atoms with Crippen molar-refractivity contribution < 1.29 is 32.5 Å². The second-order valence-electron chi connectivity index (χ2n) is 6.82. The number of esters is 1. The molecule has 0 aliphatic heterocycles. The highest BCUT2D eigenvalue weighted by molar-refractivity contribution is 7.80. The lowest BCUT2D eigenvalue weighted by Gasteiger charge is -2.13. The Kier molecular flexibility index (Phi) is 8.52. The number of thiocarbonyl (C=S) groups is 1. The first-order valence-electron chi connectivity index (χ1n) is 10.0. The standard InChI is InChI=1S/C24H21F2N3O5S/c1-31-20-10-15(11-21(32-2)22(20)33-3)23(30)34-17-7-4-14(5-8-17)13-27-29-24(35)28-19-9-6-16(25)12-18(19)26/h4-13H,1-3H3,(H2,28,29,35)/b27-13+. The molecule has 0 fully saturated rings. The zero-order valence-electron chi connectivity index (χ0n) is 18.9. The largest absolute Gasteiger partial charge is 0.493 e. The quantitative estimate of drug-likeness (QED) is 0.153. The van der Waals surface area contributed by atoms with E-state index in [0.717, 1.165) is 12.1 Å². The van der Waals surface area contributed by atoms with E-state index in [0.29, 0.717) is 28.6 Å². The number of carbonyl (C=O) groups excluding carboxylic acids is 1. The van der Waals surface area contributed by atoms with Crippen molar-refractivity contribution in [1.29, 1.82) is 0 Å². The van der Waals surface area contributed by atoms with Crippen molar-refractivity contribution in [3.8, 4) is 23.0 Å². The van der Waals surface area contributed by atoms with Gasteiger partial charge in [0.1, 0.15) is 17.4 Å². The van der Waals surface area contributed by atoms with Gasteiger partial charge >= 0.3 is 5.97 Å². The van der Waals surface area contributed by atoms with Crippen molar-refractivity contribution in [2.75, 3.05) is 26.6 Å². The number of halogens is 2. The van der Waals surface area contributed by atoms with Crippen molar-refractivity contribution in [3.05, 3.63) is 77.4 Å². The lowest BCUT2D eigenvalue weighted by atomic mass is 10.2. The van der Waals surface area contributed by atoms with Crippen LogP contribution in [0.4, 0.5) is 14.5 Å². The fourth-order valence-electron chi connectivity index (χ4n) is 2.89. The highest BCUT2D eigenvalue weighted by Gasteiger charge is 2.18. The number of rotatable bonds is 8. The molecule has 0 spiro atoms. The van der Waals surface area contributed by atoms with Gasteiger partial charge in [0.2, 0.25) is 5.75 Å². The molecule has 0 atom stereocenters. The summed E-state index contributed by atoms with van der Waals surface area (Å²) in [5, 5.41) is 6.55. The summed E-state index contributed by atoms with van der Waals surface area (Å²) in [7, 11) is 4.37. The molecule has 0 amide bonds. The molecule has 0 bridgehead atoms. The number of anilines is 1. The average molecular weight is 502 g/mol. The molecule has 0 aliphatic rings. The Balaban J connectivity index is 1.59. The van der Waals surface area contributed by atoms with E-state index >= 15 is 0 Å². The van der Waals surface area contributed by atoms with Crippen LogP contribution in [0, 0.1) is 11.6 Å². The van der Waals surface area contributed by atoms with Gasteiger partial charge < -0.3 is 24.3 Å². The fraction of sp³-hybridized carbons (Fsp3) is 0.125. The van der Waals surface area contributed by atoms with E-state index in [9.17, 15) is 13.6 Å². The summed E-state index contributed by atoms with van der Waals surface area (Å²) in [5.41, 5.74) is 3.43. The highest BCUT2D eigenvalue weighted by atomic mass is 32.1. The summed E-state index contributed by atoms with van der Waals surface area (Å²) in [4.78, 5) is 12.6. The molecule has 0 unspecified atom stereocenters. The molecule has 11 heteroatoms. The summed E-state index contributed by atoms with van der Waals surface area (Å²) in [5.74, 6) is -0.770. The van der Waals surface area contributed by atoms with E-state index in [1.807, 2.05) is 0 Å². The fourth-order valence-corrected chi connectivity index (χ4v) is 3.06. The molecule has 0 aliphatic carbocycles. The van der Waals surface area contributed by atoms with E-state index < -0.39 is 17.6 Å². The van der Waals surface area contributed by atoms with Crippen LogP contribution in [0.2, 0.25) is 0 Å². The third-order valence-electron chi connectivity index (χ3n) is 4.55. The molecule has 3 aromatic rings. The van der Waals surface area contributed by atoms with Gasteiger partial charge in [-0.2, -0.15) is 5.10 Å². The maximum absolute atomic E-state index is 13.7. The molecular formula is C24H21F2N3O5S. The van der Waals surface area contributed by atoms with Crippen LogP contribution in [0.15, 0.2) is 59.7 Å². The van der Waals surface area contributed by atoms with E-state index in [-0.39, 0.29) is 16.4 Å². The maximum atomic E-state index is 13.7. The number of nitrogens with zero attached hydrogens (tertiary/aromatic N) is 1. The average Bonchev–Trinajstić information content (AvgIpc) is 2.85. The molecule has 8 nitrogen and oxygen atoms in total. The van der Waals surface area contributed by atoms with E-state index in [4.69, 9.17) is 31.2 Å². The normalized spacial score (nSPS) is 10.5. The first kappa shape index (κ1) is 25.4. The molecule has 0 saturated carbocycles. The van der Waals surface area contributed by atoms with Crippen molar-refractivity contribution in [1.82, 2.24) is 5.43 Å². The Hall–Kier alpha value is -4.25. The van der Waals surface area contributed by atoms with Crippen LogP contribution in [0.1, 0.15) is 15.9 Å².